The number of hydrogen-bond donors (Lipinski definition) is 2. The SMILES string of the molecule is O=[N+]([O-])c1ccc(CNCC2CCCCC2O)c(Br)c1. The molecule has 0 aliphatic heterocycles. The Labute approximate surface area is 126 Å². The first-order chi connectivity index (χ1) is 9.58. The zero-order valence-corrected chi connectivity index (χ0v) is 12.8. The molecule has 0 spiro atoms. The summed E-state index contributed by atoms with van der Waals surface area (Å²) in [5, 5.41) is 23.9. The number of rotatable bonds is 5. The molecule has 1 saturated carbocycles. The Hall–Kier alpha value is -0.980. The molecule has 2 rings (SSSR count). The van der Waals surface area contributed by atoms with Crippen LogP contribution in [-0.2, 0) is 6.54 Å². The number of nitro benzene ring substituents is 1. The number of benzene rings is 1. The molecular weight excluding hydrogens is 324 g/mol. The maximum absolute atomic E-state index is 10.7. The predicted octanol–water partition coefficient (Wildman–Crippen LogP) is 3.00. The maximum atomic E-state index is 10.7. The van der Waals surface area contributed by atoms with Gasteiger partial charge in [0.2, 0.25) is 0 Å². The lowest BCUT2D eigenvalue weighted by atomic mass is 9.86. The van der Waals surface area contributed by atoms with E-state index in [-0.39, 0.29) is 11.8 Å². The molecule has 0 radical (unpaired) electrons. The minimum absolute atomic E-state index is 0.0864. The van der Waals surface area contributed by atoms with Crippen LogP contribution in [-0.4, -0.2) is 22.7 Å². The van der Waals surface area contributed by atoms with Crippen molar-refractivity contribution in [1.29, 1.82) is 0 Å². The van der Waals surface area contributed by atoms with E-state index >= 15 is 0 Å². The third-order valence-corrected chi connectivity index (χ3v) is 4.58. The van der Waals surface area contributed by atoms with E-state index in [0.717, 1.165) is 35.8 Å². The molecule has 20 heavy (non-hydrogen) atoms. The van der Waals surface area contributed by atoms with Crippen LogP contribution < -0.4 is 5.32 Å². The van der Waals surface area contributed by atoms with Gasteiger partial charge in [-0.1, -0.05) is 28.8 Å². The molecule has 1 fully saturated rings. The number of hydrogen-bond acceptors (Lipinski definition) is 4. The van der Waals surface area contributed by atoms with E-state index in [1.54, 1.807) is 6.07 Å². The second-order valence-electron chi connectivity index (χ2n) is 5.28. The Kier molecular flexibility index (Phi) is 5.51. The zero-order valence-electron chi connectivity index (χ0n) is 11.2. The number of nitrogens with zero attached hydrogens (tertiary/aromatic N) is 1. The van der Waals surface area contributed by atoms with Crippen molar-refractivity contribution in [2.45, 2.75) is 38.3 Å². The van der Waals surface area contributed by atoms with Gasteiger partial charge < -0.3 is 10.4 Å². The van der Waals surface area contributed by atoms with Crippen molar-refractivity contribution in [3.63, 3.8) is 0 Å². The Morgan fingerprint density at radius 1 is 1.40 bits per heavy atom. The summed E-state index contributed by atoms with van der Waals surface area (Å²) in [7, 11) is 0. The van der Waals surface area contributed by atoms with Crippen LogP contribution >= 0.6 is 15.9 Å². The molecule has 1 aromatic carbocycles. The third kappa shape index (κ3) is 4.01. The molecular formula is C14H19BrN2O3. The fraction of sp³-hybridized carbons (Fsp3) is 0.571. The number of aliphatic hydroxyl groups is 1. The molecule has 0 heterocycles. The summed E-state index contributed by atoms with van der Waals surface area (Å²) in [5.74, 6) is 0.320. The third-order valence-electron chi connectivity index (χ3n) is 3.84. The number of nitro groups is 1. The van der Waals surface area contributed by atoms with E-state index in [4.69, 9.17) is 0 Å². The van der Waals surface area contributed by atoms with Crippen molar-refractivity contribution >= 4 is 21.6 Å². The minimum Gasteiger partial charge on any atom is -0.393 e. The van der Waals surface area contributed by atoms with Crippen LogP contribution in [0.5, 0.6) is 0 Å². The standard InChI is InChI=1S/C14H19BrN2O3/c15-13-7-12(17(19)20)6-5-10(13)8-16-9-11-3-1-2-4-14(11)18/h5-7,11,14,16,18H,1-4,8-9H2. The van der Waals surface area contributed by atoms with Gasteiger partial charge in [-0.3, -0.25) is 10.1 Å². The first-order valence-corrected chi connectivity index (χ1v) is 7.69. The van der Waals surface area contributed by atoms with Gasteiger partial charge in [0.25, 0.3) is 5.69 Å². The van der Waals surface area contributed by atoms with Gasteiger partial charge >= 0.3 is 0 Å². The quantitative estimate of drug-likeness (QED) is 0.637. The van der Waals surface area contributed by atoms with E-state index in [0.29, 0.717) is 12.5 Å². The van der Waals surface area contributed by atoms with Crippen LogP contribution in [0, 0.1) is 16.0 Å². The molecule has 5 nitrogen and oxygen atoms in total. The van der Waals surface area contributed by atoms with Gasteiger partial charge in [0.1, 0.15) is 0 Å². The van der Waals surface area contributed by atoms with Gasteiger partial charge in [0.15, 0.2) is 0 Å². The van der Waals surface area contributed by atoms with Gasteiger partial charge in [-0.25, -0.2) is 0 Å². The van der Waals surface area contributed by atoms with Crippen molar-refractivity contribution in [2.75, 3.05) is 6.54 Å². The van der Waals surface area contributed by atoms with Crippen LogP contribution in [0.15, 0.2) is 22.7 Å². The Bertz CT molecular complexity index is 481. The van der Waals surface area contributed by atoms with E-state index in [2.05, 4.69) is 21.2 Å². The summed E-state index contributed by atoms with van der Waals surface area (Å²) in [4.78, 5) is 10.3. The smallest absolute Gasteiger partial charge is 0.270 e. The molecule has 1 aliphatic carbocycles. The Morgan fingerprint density at radius 3 is 2.80 bits per heavy atom. The van der Waals surface area contributed by atoms with Crippen molar-refractivity contribution < 1.29 is 10.0 Å². The molecule has 2 unspecified atom stereocenters. The molecule has 2 N–H and O–H groups in total. The monoisotopic (exact) mass is 342 g/mol. The molecule has 0 aromatic heterocycles. The van der Waals surface area contributed by atoms with E-state index in [1.807, 2.05) is 0 Å². The summed E-state index contributed by atoms with van der Waals surface area (Å²) in [6.07, 6.45) is 4.07. The topological polar surface area (TPSA) is 75.4 Å². The van der Waals surface area contributed by atoms with Gasteiger partial charge in [0, 0.05) is 29.7 Å². The lowest BCUT2D eigenvalue weighted by Crippen LogP contribution is -2.33. The van der Waals surface area contributed by atoms with Crippen LogP contribution in [0.3, 0.4) is 0 Å². The van der Waals surface area contributed by atoms with Crippen LogP contribution in [0.1, 0.15) is 31.2 Å². The second kappa shape index (κ2) is 7.15. The lowest BCUT2D eigenvalue weighted by Gasteiger charge is -2.27. The number of halogens is 1. The molecule has 2 atom stereocenters. The number of aliphatic hydroxyl groups excluding tert-OH is 1. The van der Waals surface area contributed by atoms with Crippen molar-refractivity contribution in [3.8, 4) is 0 Å². The maximum Gasteiger partial charge on any atom is 0.270 e. The fourth-order valence-electron chi connectivity index (χ4n) is 2.61. The van der Waals surface area contributed by atoms with Gasteiger partial charge in [-0.05, 0) is 30.4 Å². The zero-order chi connectivity index (χ0) is 14.5. The van der Waals surface area contributed by atoms with Gasteiger partial charge in [-0.15, -0.1) is 0 Å². The Balaban J connectivity index is 1.86. The highest BCUT2D eigenvalue weighted by atomic mass is 79.9. The van der Waals surface area contributed by atoms with Crippen molar-refractivity contribution in [1.82, 2.24) is 5.32 Å². The second-order valence-corrected chi connectivity index (χ2v) is 6.13. The van der Waals surface area contributed by atoms with E-state index < -0.39 is 4.92 Å². The molecule has 0 amide bonds. The van der Waals surface area contributed by atoms with Crippen molar-refractivity contribution in [3.05, 3.63) is 38.3 Å². The normalized spacial score (nSPS) is 22.7. The average molecular weight is 343 g/mol. The fourth-order valence-corrected chi connectivity index (χ4v) is 3.12. The first-order valence-electron chi connectivity index (χ1n) is 6.89. The van der Waals surface area contributed by atoms with Crippen LogP contribution in [0.25, 0.3) is 0 Å². The highest BCUT2D eigenvalue weighted by Gasteiger charge is 2.22. The summed E-state index contributed by atoms with van der Waals surface area (Å²) < 4.78 is 0.739. The molecule has 0 bridgehead atoms. The number of nitrogens with one attached hydrogen (secondary N) is 1. The first kappa shape index (κ1) is 15.4. The molecule has 110 valence electrons. The predicted molar refractivity (Wildman–Crippen MR) is 80.5 cm³/mol. The number of non-ortho nitro benzene ring substituents is 1. The lowest BCUT2D eigenvalue weighted by molar-refractivity contribution is -0.384. The molecule has 1 aliphatic rings. The summed E-state index contributed by atoms with van der Waals surface area (Å²) >= 11 is 3.36. The highest BCUT2D eigenvalue weighted by molar-refractivity contribution is 9.10. The van der Waals surface area contributed by atoms with Crippen LogP contribution in [0.4, 0.5) is 5.69 Å². The van der Waals surface area contributed by atoms with E-state index in [9.17, 15) is 15.2 Å². The highest BCUT2D eigenvalue weighted by Crippen LogP contribution is 2.25. The van der Waals surface area contributed by atoms with Crippen LogP contribution in [0.2, 0.25) is 0 Å². The largest absolute Gasteiger partial charge is 0.393 e. The summed E-state index contributed by atoms with van der Waals surface area (Å²) in [6, 6.07) is 4.79. The van der Waals surface area contributed by atoms with Gasteiger partial charge in [-0.2, -0.15) is 0 Å². The van der Waals surface area contributed by atoms with E-state index in [1.165, 1.54) is 18.6 Å². The minimum atomic E-state index is -0.402. The van der Waals surface area contributed by atoms with Gasteiger partial charge in [0.05, 0.1) is 11.0 Å². The molecule has 1 aromatic rings. The summed E-state index contributed by atoms with van der Waals surface area (Å²) in [5.41, 5.74) is 1.07. The average Bonchev–Trinajstić information content (AvgIpc) is 2.42. The summed E-state index contributed by atoms with van der Waals surface area (Å²) in [6.45, 7) is 1.42. The Morgan fingerprint density at radius 2 is 2.15 bits per heavy atom. The molecule has 0 saturated heterocycles. The molecule has 6 heteroatoms. The van der Waals surface area contributed by atoms with Crippen molar-refractivity contribution in [2.24, 2.45) is 5.92 Å².